The first kappa shape index (κ1) is 21.3. The zero-order valence-corrected chi connectivity index (χ0v) is 17.8. The summed E-state index contributed by atoms with van der Waals surface area (Å²) >= 11 is 0. The lowest BCUT2D eigenvalue weighted by atomic mass is 10.00. The van der Waals surface area contributed by atoms with Crippen LogP contribution in [-0.2, 0) is 10.0 Å². The lowest BCUT2D eigenvalue weighted by molar-refractivity contribution is 0.0919. The molecular weight excluding hydrogens is 374 g/mol. The minimum atomic E-state index is -3.60. The van der Waals surface area contributed by atoms with Crippen molar-refractivity contribution >= 4 is 15.9 Å². The van der Waals surface area contributed by atoms with E-state index in [2.05, 4.69) is 21.9 Å². The van der Waals surface area contributed by atoms with Crippen molar-refractivity contribution in [2.75, 3.05) is 19.6 Å². The minimum absolute atomic E-state index is 0.00874. The molecule has 1 aliphatic carbocycles. The molecule has 3 rings (SSSR count). The molecule has 0 bridgehead atoms. The minimum Gasteiger partial charge on any atom is -0.348 e. The third kappa shape index (κ3) is 5.78. The topological polar surface area (TPSA) is 78.5 Å². The van der Waals surface area contributed by atoms with Crippen LogP contribution in [0.15, 0.2) is 29.2 Å². The summed E-state index contributed by atoms with van der Waals surface area (Å²) in [5.74, 6) is 0.474. The number of sulfonamides is 1. The second-order valence-electron chi connectivity index (χ2n) is 8.51. The molecular formula is C21H33N3O3S. The van der Waals surface area contributed by atoms with Gasteiger partial charge in [-0.2, -0.15) is 0 Å². The van der Waals surface area contributed by atoms with Gasteiger partial charge in [-0.25, -0.2) is 13.1 Å². The van der Waals surface area contributed by atoms with E-state index >= 15 is 0 Å². The van der Waals surface area contributed by atoms with Gasteiger partial charge in [0.25, 0.3) is 5.91 Å². The average molecular weight is 408 g/mol. The smallest absolute Gasteiger partial charge is 0.251 e. The molecule has 28 heavy (non-hydrogen) atoms. The molecule has 7 heteroatoms. The van der Waals surface area contributed by atoms with Crippen molar-refractivity contribution in [1.29, 1.82) is 0 Å². The van der Waals surface area contributed by atoms with Crippen LogP contribution in [0.25, 0.3) is 0 Å². The van der Waals surface area contributed by atoms with Gasteiger partial charge >= 0.3 is 0 Å². The Hall–Kier alpha value is -1.44. The molecule has 1 amide bonds. The van der Waals surface area contributed by atoms with Gasteiger partial charge in [-0.15, -0.1) is 0 Å². The summed E-state index contributed by atoms with van der Waals surface area (Å²) < 4.78 is 28.0. The highest BCUT2D eigenvalue weighted by molar-refractivity contribution is 7.89. The quantitative estimate of drug-likeness (QED) is 0.728. The van der Waals surface area contributed by atoms with Crippen LogP contribution in [0, 0.1) is 5.92 Å². The van der Waals surface area contributed by atoms with Gasteiger partial charge in [0.2, 0.25) is 10.0 Å². The Bertz CT molecular complexity index is 775. The van der Waals surface area contributed by atoms with E-state index in [0.29, 0.717) is 11.5 Å². The predicted molar refractivity (Wildman–Crippen MR) is 111 cm³/mol. The molecule has 1 aromatic carbocycles. The summed E-state index contributed by atoms with van der Waals surface area (Å²) in [6.07, 6.45) is 6.36. The Morgan fingerprint density at radius 2 is 1.96 bits per heavy atom. The van der Waals surface area contributed by atoms with Crippen molar-refractivity contribution in [3.63, 3.8) is 0 Å². The Kier molecular flexibility index (Phi) is 7.12. The van der Waals surface area contributed by atoms with Crippen LogP contribution < -0.4 is 10.0 Å². The van der Waals surface area contributed by atoms with E-state index < -0.39 is 10.0 Å². The molecule has 2 aliphatic rings. The van der Waals surface area contributed by atoms with Gasteiger partial charge in [0.1, 0.15) is 0 Å². The molecule has 2 N–H and O–H groups in total. The first-order valence-corrected chi connectivity index (χ1v) is 12.0. The molecule has 2 fully saturated rings. The van der Waals surface area contributed by atoms with Crippen LogP contribution in [0.3, 0.4) is 0 Å². The standard InChI is InChI=1S/C21H33N3O3S/c1-16-7-6-12-24(14-16)15-17(2)22-21(25)18-8-5-11-20(13-18)28(26,27)23-19-9-3-4-10-19/h5,8,11,13,16-17,19,23H,3-4,6-7,9-10,12,14-15H2,1-2H3,(H,22,25). The summed E-state index contributed by atoms with van der Waals surface area (Å²) in [5, 5.41) is 3.01. The van der Waals surface area contributed by atoms with E-state index in [1.807, 2.05) is 6.92 Å². The van der Waals surface area contributed by atoms with Crippen molar-refractivity contribution in [3.05, 3.63) is 29.8 Å². The number of carbonyl (C=O) groups excluding carboxylic acids is 1. The van der Waals surface area contributed by atoms with E-state index in [1.54, 1.807) is 18.2 Å². The zero-order valence-electron chi connectivity index (χ0n) is 17.0. The number of carbonyl (C=O) groups is 1. The second-order valence-corrected chi connectivity index (χ2v) is 10.2. The van der Waals surface area contributed by atoms with Gasteiger partial charge in [0.05, 0.1) is 4.90 Å². The predicted octanol–water partition coefficient (Wildman–Crippen LogP) is 2.76. The fraction of sp³-hybridized carbons (Fsp3) is 0.667. The van der Waals surface area contributed by atoms with Crippen molar-refractivity contribution in [1.82, 2.24) is 14.9 Å². The molecule has 1 aliphatic heterocycles. The van der Waals surface area contributed by atoms with Crippen LogP contribution in [0.5, 0.6) is 0 Å². The van der Waals surface area contributed by atoms with E-state index in [1.165, 1.54) is 18.9 Å². The normalized spacial score (nSPS) is 22.9. The van der Waals surface area contributed by atoms with Gasteiger partial charge in [-0.05, 0) is 63.3 Å². The number of nitrogens with zero attached hydrogens (tertiary/aromatic N) is 1. The van der Waals surface area contributed by atoms with Crippen molar-refractivity contribution in [2.24, 2.45) is 5.92 Å². The summed E-state index contributed by atoms with van der Waals surface area (Å²) in [7, 11) is -3.60. The maximum atomic E-state index is 12.6. The van der Waals surface area contributed by atoms with Gasteiger partial charge in [0.15, 0.2) is 0 Å². The Morgan fingerprint density at radius 1 is 1.21 bits per heavy atom. The molecule has 0 aromatic heterocycles. The molecule has 1 saturated carbocycles. The number of hydrogen-bond donors (Lipinski definition) is 2. The van der Waals surface area contributed by atoms with Crippen molar-refractivity contribution < 1.29 is 13.2 Å². The van der Waals surface area contributed by atoms with E-state index in [-0.39, 0.29) is 22.9 Å². The van der Waals surface area contributed by atoms with Gasteiger partial charge < -0.3 is 10.2 Å². The SMILES string of the molecule is CC1CCCN(CC(C)NC(=O)c2cccc(S(=O)(=O)NC3CCCC3)c2)C1. The monoisotopic (exact) mass is 407 g/mol. The van der Waals surface area contributed by atoms with E-state index in [4.69, 9.17) is 0 Å². The summed E-state index contributed by atoms with van der Waals surface area (Å²) in [6.45, 7) is 7.23. The van der Waals surface area contributed by atoms with E-state index in [9.17, 15) is 13.2 Å². The zero-order chi connectivity index (χ0) is 20.1. The fourth-order valence-electron chi connectivity index (χ4n) is 4.33. The lowest BCUT2D eigenvalue weighted by Gasteiger charge is -2.32. The Morgan fingerprint density at radius 3 is 2.68 bits per heavy atom. The number of piperidine rings is 1. The van der Waals surface area contributed by atoms with Gasteiger partial charge in [0, 0.05) is 30.7 Å². The molecule has 1 aromatic rings. The largest absolute Gasteiger partial charge is 0.348 e. The number of benzene rings is 1. The van der Waals surface area contributed by atoms with E-state index in [0.717, 1.165) is 45.3 Å². The van der Waals surface area contributed by atoms with Crippen LogP contribution >= 0.6 is 0 Å². The molecule has 1 heterocycles. The van der Waals surface area contributed by atoms with Gasteiger partial charge in [-0.1, -0.05) is 25.8 Å². The number of amides is 1. The molecule has 2 unspecified atom stereocenters. The molecule has 0 radical (unpaired) electrons. The second kappa shape index (κ2) is 9.37. The molecule has 156 valence electrons. The molecule has 6 nitrogen and oxygen atoms in total. The van der Waals surface area contributed by atoms with Crippen LogP contribution in [0.4, 0.5) is 0 Å². The lowest BCUT2D eigenvalue weighted by Crippen LogP contribution is -2.45. The highest BCUT2D eigenvalue weighted by Gasteiger charge is 2.24. The maximum Gasteiger partial charge on any atom is 0.251 e. The first-order chi connectivity index (χ1) is 13.3. The van der Waals surface area contributed by atoms with Crippen LogP contribution in [0.2, 0.25) is 0 Å². The maximum absolute atomic E-state index is 12.6. The third-order valence-electron chi connectivity index (χ3n) is 5.73. The number of hydrogen-bond acceptors (Lipinski definition) is 4. The van der Waals surface area contributed by atoms with Gasteiger partial charge in [-0.3, -0.25) is 4.79 Å². The Balaban J connectivity index is 1.60. The van der Waals surface area contributed by atoms with Crippen LogP contribution in [0.1, 0.15) is 62.7 Å². The molecule has 0 spiro atoms. The summed E-state index contributed by atoms with van der Waals surface area (Å²) in [4.78, 5) is 15.2. The van der Waals surface area contributed by atoms with Crippen molar-refractivity contribution in [3.8, 4) is 0 Å². The first-order valence-electron chi connectivity index (χ1n) is 10.5. The number of likely N-dealkylation sites (tertiary alicyclic amines) is 1. The van der Waals surface area contributed by atoms with Crippen molar-refractivity contribution in [2.45, 2.75) is 69.4 Å². The highest BCUT2D eigenvalue weighted by atomic mass is 32.2. The average Bonchev–Trinajstić information content (AvgIpc) is 3.14. The molecule has 2 atom stereocenters. The third-order valence-corrected chi connectivity index (χ3v) is 7.25. The number of nitrogens with one attached hydrogen (secondary N) is 2. The highest BCUT2D eigenvalue weighted by Crippen LogP contribution is 2.21. The van der Waals surface area contributed by atoms with Crippen LogP contribution in [-0.4, -0.2) is 50.9 Å². The summed E-state index contributed by atoms with van der Waals surface area (Å²) in [5.41, 5.74) is 0.383. The fourth-order valence-corrected chi connectivity index (χ4v) is 5.68. The summed E-state index contributed by atoms with van der Waals surface area (Å²) in [6, 6.07) is 6.34. The Labute approximate surface area is 169 Å². The number of rotatable bonds is 7. The molecule has 1 saturated heterocycles.